The summed E-state index contributed by atoms with van der Waals surface area (Å²) in [7, 11) is 0. The number of benzene rings is 1. The Labute approximate surface area is 119 Å². The van der Waals surface area contributed by atoms with E-state index in [0.717, 1.165) is 12.5 Å². The minimum atomic E-state index is 0.572. The Kier molecular flexibility index (Phi) is 6.41. The summed E-state index contributed by atoms with van der Waals surface area (Å²) >= 11 is 0. The zero-order valence-corrected chi connectivity index (χ0v) is 13.6. The summed E-state index contributed by atoms with van der Waals surface area (Å²) in [5.74, 6) is 1.92. The van der Waals surface area contributed by atoms with Crippen molar-refractivity contribution in [2.24, 2.45) is 5.92 Å². The molecule has 0 unspecified atom stereocenters. The fraction of sp³-hybridized carbons (Fsp3) is 0.667. The molecule has 0 aromatic heterocycles. The monoisotopic (exact) mass is 261 g/mol. The minimum absolute atomic E-state index is 0.572. The van der Waals surface area contributed by atoms with Gasteiger partial charge in [-0.15, -0.1) is 0 Å². The summed E-state index contributed by atoms with van der Waals surface area (Å²) in [6.07, 6.45) is 2.51. The standard InChI is InChI=1S/C18H31N/c1-7-15(8-2)12-19-18-16(13(3)4)10-9-11-17(18)14(5)6/h9-11,13-15,19H,7-8,12H2,1-6H3. The van der Waals surface area contributed by atoms with E-state index in [1.54, 1.807) is 0 Å². The van der Waals surface area contributed by atoms with E-state index in [9.17, 15) is 0 Å². The van der Waals surface area contributed by atoms with Crippen molar-refractivity contribution in [2.45, 2.75) is 66.2 Å². The highest BCUT2D eigenvalue weighted by Crippen LogP contribution is 2.32. The van der Waals surface area contributed by atoms with Crippen molar-refractivity contribution in [3.63, 3.8) is 0 Å². The average molecular weight is 261 g/mol. The zero-order valence-electron chi connectivity index (χ0n) is 13.6. The van der Waals surface area contributed by atoms with Gasteiger partial charge in [0.2, 0.25) is 0 Å². The van der Waals surface area contributed by atoms with Crippen molar-refractivity contribution in [2.75, 3.05) is 11.9 Å². The van der Waals surface area contributed by atoms with E-state index in [1.165, 1.54) is 29.7 Å². The topological polar surface area (TPSA) is 12.0 Å². The molecule has 108 valence electrons. The second-order valence-corrected chi connectivity index (χ2v) is 6.18. The van der Waals surface area contributed by atoms with Crippen LogP contribution in [0.15, 0.2) is 18.2 Å². The first-order chi connectivity index (χ1) is 9.01. The quantitative estimate of drug-likeness (QED) is 0.656. The molecule has 19 heavy (non-hydrogen) atoms. The summed E-state index contributed by atoms with van der Waals surface area (Å²) in [6.45, 7) is 14.8. The SMILES string of the molecule is CCC(CC)CNc1c(C(C)C)cccc1C(C)C. The molecule has 0 aliphatic heterocycles. The molecule has 0 spiro atoms. The maximum atomic E-state index is 3.75. The predicted octanol–water partition coefficient (Wildman–Crippen LogP) is 5.78. The largest absolute Gasteiger partial charge is 0.384 e. The van der Waals surface area contributed by atoms with Crippen molar-refractivity contribution in [1.29, 1.82) is 0 Å². The average Bonchev–Trinajstić information content (AvgIpc) is 2.39. The number of hydrogen-bond donors (Lipinski definition) is 1. The van der Waals surface area contributed by atoms with Gasteiger partial charge in [-0.25, -0.2) is 0 Å². The smallest absolute Gasteiger partial charge is 0.0410 e. The molecule has 0 atom stereocenters. The lowest BCUT2D eigenvalue weighted by atomic mass is 9.92. The minimum Gasteiger partial charge on any atom is -0.384 e. The van der Waals surface area contributed by atoms with Gasteiger partial charge >= 0.3 is 0 Å². The number of nitrogens with one attached hydrogen (secondary N) is 1. The molecule has 1 nitrogen and oxygen atoms in total. The summed E-state index contributed by atoms with van der Waals surface area (Å²) in [5, 5.41) is 3.75. The number of para-hydroxylation sites is 1. The van der Waals surface area contributed by atoms with Gasteiger partial charge in [0.15, 0.2) is 0 Å². The second-order valence-electron chi connectivity index (χ2n) is 6.18. The van der Waals surface area contributed by atoms with Crippen molar-refractivity contribution < 1.29 is 0 Å². The van der Waals surface area contributed by atoms with E-state index in [-0.39, 0.29) is 0 Å². The molecule has 0 amide bonds. The highest BCUT2D eigenvalue weighted by atomic mass is 14.9. The van der Waals surface area contributed by atoms with Gasteiger partial charge in [0.25, 0.3) is 0 Å². The van der Waals surface area contributed by atoms with Crippen molar-refractivity contribution in [3.05, 3.63) is 29.3 Å². The lowest BCUT2D eigenvalue weighted by Gasteiger charge is -2.23. The third-order valence-electron chi connectivity index (χ3n) is 4.10. The van der Waals surface area contributed by atoms with Gasteiger partial charge < -0.3 is 5.32 Å². The maximum Gasteiger partial charge on any atom is 0.0410 e. The fourth-order valence-corrected chi connectivity index (χ4v) is 2.58. The maximum absolute atomic E-state index is 3.75. The summed E-state index contributed by atoms with van der Waals surface area (Å²) in [4.78, 5) is 0. The summed E-state index contributed by atoms with van der Waals surface area (Å²) in [6, 6.07) is 6.74. The van der Waals surface area contributed by atoms with E-state index < -0.39 is 0 Å². The van der Waals surface area contributed by atoms with Crippen molar-refractivity contribution >= 4 is 5.69 Å². The van der Waals surface area contributed by atoms with E-state index in [0.29, 0.717) is 11.8 Å². The molecule has 1 rings (SSSR count). The second kappa shape index (κ2) is 7.57. The van der Waals surface area contributed by atoms with Crippen LogP contribution >= 0.6 is 0 Å². The van der Waals surface area contributed by atoms with Crippen LogP contribution in [0.3, 0.4) is 0 Å². The molecule has 0 aliphatic rings. The van der Waals surface area contributed by atoms with Gasteiger partial charge in [-0.3, -0.25) is 0 Å². The predicted molar refractivity (Wildman–Crippen MR) is 87.2 cm³/mol. The number of rotatable bonds is 7. The molecule has 1 aromatic rings. The molecule has 0 aliphatic carbocycles. The van der Waals surface area contributed by atoms with Gasteiger partial charge in [0, 0.05) is 12.2 Å². The van der Waals surface area contributed by atoms with Crippen LogP contribution in [0.1, 0.15) is 77.3 Å². The molecule has 0 radical (unpaired) electrons. The summed E-state index contributed by atoms with van der Waals surface area (Å²) in [5.41, 5.74) is 4.30. The third kappa shape index (κ3) is 4.26. The van der Waals surface area contributed by atoms with Crippen LogP contribution in [0.4, 0.5) is 5.69 Å². The number of anilines is 1. The fourth-order valence-electron chi connectivity index (χ4n) is 2.58. The van der Waals surface area contributed by atoms with Crippen molar-refractivity contribution in [1.82, 2.24) is 0 Å². The highest BCUT2D eigenvalue weighted by molar-refractivity contribution is 5.60. The molecular formula is C18H31N. The normalized spacial score (nSPS) is 11.6. The Bertz CT molecular complexity index is 349. The van der Waals surface area contributed by atoms with E-state index in [2.05, 4.69) is 65.1 Å². The molecule has 0 saturated carbocycles. The van der Waals surface area contributed by atoms with Crippen LogP contribution in [0.25, 0.3) is 0 Å². The molecule has 0 saturated heterocycles. The van der Waals surface area contributed by atoms with Crippen LogP contribution < -0.4 is 5.32 Å². The highest BCUT2D eigenvalue weighted by Gasteiger charge is 2.14. The summed E-state index contributed by atoms with van der Waals surface area (Å²) < 4.78 is 0. The van der Waals surface area contributed by atoms with Crippen LogP contribution in [-0.2, 0) is 0 Å². The van der Waals surface area contributed by atoms with Gasteiger partial charge in [-0.1, -0.05) is 72.6 Å². The molecule has 1 heteroatoms. The third-order valence-corrected chi connectivity index (χ3v) is 4.10. The Balaban J connectivity index is 3.00. The van der Waals surface area contributed by atoms with Gasteiger partial charge in [0.05, 0.1) is 0 Å². The van der Waals surface area contributed by atoms with Gasteiger partial charge in [-0.2, -0.15) is 0 Å². The molecule has 0 fully saturated rings. The Hall–Kier alpha value is -0.980. The lowest BCUT2D eigenvalue weighted by molar-refractivity contribution is 0.518. The van der Waals surface area contributed by atoms with E-state index in [1.807, 2.05) is 0 Å². The molecule has 1 N–H and O–H groups in total. The Morgan fingerprint density at radius 2 is 1.37 bits per heavy atom. The first-order valence-corrected chi connectivity index (χ1v) is 7.87. The first-order valence-electron chi connectivity index (χ1n) is 7.87. The zero-order chi connectivity index (χ0) is 14.4. The molecule has 1 aromatic carbocycles. The van der Waals surface area contributed by atoms with Crippen LogP contribution in [0.5, 0.6) is 0 Å². The Morgan fingerprint density at radius 3 is 1.74 bits per heavy atom. The lowest BCUT2D eigenvalue weighted by Crippen LogP contribution is -2.15. The van der Waals surface area contributed by atoms with Gasteiger partial charge in [-0.05, 0) is 28.9 Å². The van der Waals surface area contributed by atoms with E-state index >= 15 is 0 Å². The molecule has 0 heterocycles. The molecular weight excluding hydrogens is 230 g/mol. The van der Waals surface area contributed by atoms with E-state index in [4.69, 9.17) is 0 Å². The van der Waals surface area contributed by atoms with Crippen molar-refractivity contribution in [3.8, 4) is 0 Å². The number of hydrogen-bond acceptors (Lipinski definition) is 1. The Morgan fingerprint density at radius 1 is 0.895 bits per heavy atom. The molecule has 0 bridgehead atoms. The van der Waals surface area contributed by atoms with Gasteiger partial charge in [0.1, 0.15) is 0 Å². The van der Waals surface area contributed by atoms with Crippen LogP contribution in [0, 0.1) is 5.92 Å². The van der Waals surface area contributed by atoms with Crippen LogP contribution in [0.2, 0.25) is 0 Å². The first kappa shape index (κ1) is 16.1. The van der Waals surface area contributed by atoms with Crippen LogP contribution in [-0.4, -0.2) is 6.54 Å².